The molecule has 1 heterocycles. The van der Waals surface area contributed by atoms with Crippen molar-refractivity contribution in [3.05, 3.63) is 35.9 Å². The van der Waals surface area contributed by atoms with Gasteiger partial charge in [-0.25, -0.2) is 4.98 Å². The summed E-state index contributed by atoms with van der Waals surface area (Å²) in [6.45, 7) is 2.35. The van der Waals surface area contributed by atoms with Crippen LogP contribution in [0.5, 0.6) is 0 Å². The third kappa shape index (κ3) is 3.29. The van der Waals surface area contributed by atoms with Crippen molar-refractivity contribution in [2.24, 2.45) is 5.92 Å². The summed E-state index contributed by atoms with van der Waals surface area (Å²) in [6.07, 6.45) is 0. The minimum absolute atomic E-state index is 0.224. The molecule has 0 saturated carbocycles. The van der Waals surface area contributed by atoms with E-state index in [1.54, 1.807) is 6.07 Å². The quantitative estimate of drug-likeness (QED) is 0.806. The molecular formula is C16H17N3O2. The number of hydrogen-bond donors (Lipinski definition) is 0. The zero-order valence-corrected chi connectivity index (χ0v) is 12.3. The number of carbonyl (C=O) groups is 1. The second-order valence-electron chi connectivity index (χ2n) is 4.99. The number of anilines is 1. The third-order valence-corrected chi connectivity index (χ3v) is 3.35. The van der Waals surface area contributed by atoms with Gasteiger partial charge in [-0.05, 0) is 30.3 Å². The fourth-order valence-electron chi connectivity index (χ4n) is 2.18. The first-order chi connectivity index (χ1) is 10.0. The number of aromatic nitrogens is 1. The van der Waals surface area contributed by atoms with E-state index in [0.717, 1.165) is 16.7 Å². The highest BCUT2D eigenvalue weighted by molar-refractivity contribution is 5.82. The van der Waals surface area contributed by atoms with Gasteiger partial charge in [-0.2, -0.15) is 5.26 Å². The molecule has 2 rings (SSSR count). The van der Waals surface area contributed by atoms with Gasteiger partial charge in [0, 0.05) is 19.0 Å². The first-order valence-corrected chi connectivity index (χ1v) is 6.65. The SMILES string of the molecule is COC(=O)C(C)CN(C)c1ccc2cc(C#N)ccc2n1. The lowest BCUT2D eigenvalue weighted by Crippen LogP contribution is -2.29. The Morgan fingerprint density at radius 1 is 1.43 bits per heavy atom. The molecule has 0 radical (unpaired) electrons. The van der Waals surface area contributed by atoms with E-state index in [1.807, 2.05) is 43.1 Å². The van der Waals surface area contributed by atoms with Crippen molar-refractivity contribution in [1.82, 2.24) is 4.98 Å². The van der Waals surface area contributed by atoms with E-state index in [1.165, 1.54) is 7.11 Å². The average Bonchev–Trinajstić information content (AvgIpc) is 2.52. The Bertz CT molecular complexity index is 706. The van der Waals surface area contributed by atoms with Gasteiger partial charge in [0.25, 0.3) is 0 Å². The van der Waals surface area contributed by atoms with Crippen LogP contribution in [0.15, 0.2) is 30.3 Å². The van der Waals surface area contributed by atoms with Crippen LogP contribution >= 0.6 is 0 Å². The van der Waals surface area contributed by atoms with Crippen molar-refractivity contribution in [1.29, 1.82) is 5.26 Å². The number of esters is 1. The number of nitriles is 1. The number of hydrogen-bond acceptors (Lipinski definition) is 5. The zero-order valence-electron chi connectivity index (χ0n) is 12.3. The fourth-order valence-corrected chi connectivity index (χ4v) is 2.18. The summed E-state index contributed by atoms with van der Waals surface area (Å²) in [7, 11) is 3.27. The predicted molar refractivity (Wildman–Crippen MR) is 80.9 cm³/mol. The van der Waals surface area contributed by atoms with Crippen molar-refractivity contribution >= 4 is 22.7 Å². The second-order valence-corrected chi connectivity index (χ2v) is 4.99. The van der Waals surface area contributed by atoms with Crippen LogP contribution in [-0.4, -0.2) is 31.7 Å². The highest BCUT2D eigenvalue weighted by atomic mass is 16.5. The Hall–Kier alpha value is -2.61. The van der Waals surface area contributed by atoms with Crippen LogP contribution < -0.4 is 4.90 Å². The van der Waals surface area contributed by atoms with E-state index >= 15 is 0 Å². The van der Waals surface area contributed by atoms with E-state index in [0.29, 0.717) is 12.1 Å². The summed E-state index contributed by atoms with van der Waals surface area (Å²) in [5.74, 6) is 0.322. The number of pyridine rings is 1. The van der Waals surface area contributed by atoms with Crippen LogP contribution in [0, 0.1) is 17.2 Å². The summed E-state index contributed by atoms with van der Waals surface area (Å²) in [6, 6.07) is 11.3. The minimum Gasteiger partial charge on any atom is -0.469 e. The molecule has 0 saturated heterocycles. The van der Waals surface area contributed by atoms with Crippen LogP contribution in [-0.2, 0) is 9.53 Å². The van der Waals surface area contributed by atoms with Gasteiger partial charge < -0.3 is 9.64 Å². The molecule has 5 nitrogen and oxygen atoms in total. The molecule has 0 fully saturated rings. The molecule has 0 aliphatic rings. The monoisotopic (exact) mass is 283 g/mol. The molecule has 0 amide bonds. The Labute approximate surface area is 123 Å². The molecule has 5 heteroatoms. The zero-order chi connectivity index (χ0) is 15.4. The maximum atomic E-state index is 11.5. The van der Waals surface area contributed by atoms with E-state index in [2.05, 4.69) is 11.1 Å². The van der Waals surface area contributed by atoms with Gasteiger partial charge in [0.1, 0.15) is 5.82 Å². The third-order valence-electron chi connectivity index (χ3n) is 3.35. The number of methoxy groups -OCH3 is 1. The van der Waals surface area contributed by atoms with Gasteiger partial charge in [-0.1, -0.05) is 6.92 Å². The van der Waals surface area contributed by atoms with E-state index in [9.17, 15) is 4.79 Å². The normalized spacial score (nSPS) is 11.7. The van der Waals surface area contributed by atoms with Crippen molar-refractivity contribution in [3.8, 4) is 6.07 Å². The summed E-state index contributed by atoms with van der Waals surface area (Å²) in [5, 5.41) is 9.82. The number of ether oxygens (including phenoxy) is 1. The Morgan fingerprint density at radius 3 is 2.86 bits per heavy atom. The molecule has 0 N–H and O–H groups in total. The van der Waals surface area contributed by atoms with Crippen molar-refractivity contribution in [2.45, 2.75) is 6.92 Å². The van der Waals surface area contributed by atoms with Crippen LogP contribution in [0.1, 0.15) is 12.5 Å². The van der Waals surface area contributed by atoms with Crippen LogP contribution in [0.2, 0.25) is 0 Å². The Kier molecular flexibility index (Phi) is 4.39. The first kappa shape index (κ1) is 14.8. The molecule has 1 atom stereocenters. The number of nitrogens with zero attached hydrogens (tertiary/aromatic N) is 3. The molecule has 1 unspecified atom stereocenters. The average molecular weight is 283 g/mol. The lowest BCUT2D eigenvalue weighted by atomic mass is 10.1. The molecule has 1 aromatic heterocycles. The topological polar surface area (TPSA) is 66.2 Å². The number of benzene rings is 1. The standard InChI is InChI=1S/C16H17N3O2/c1-11(16(20)21-3)10-19(2)15-7-5-13-8-12(9-17)4-6-14(13)18-15/h4-8,11H,10H2,1-3H3. The molecular weight excluding hydrogens is 266 g/mol. The maximum absolute atomic E-state index is 11.5. The van der Waals surface area contributed by atoms with Gasteiger partial charge in [-0.3, -0.25) is 4.79 Å². The molecule has 0 bridgehead atoms. The summed E-state index contributed by atoms with van der Waals surface area (Å²) < 4.78 is 4.73. The van der Waals surface area contributed by atoms with Crippen molar-refractivity contribution < 1.29 is 9.53 Å². The number of rotatable bonds is 4. The number of carbonyl (C=O) groups excluding carboxylic acids is 1. The largest absolute Gasteiger partial charge is 0.469 e. The van der Waals surface area contributed by atoms with E-state index in [-0.39, 0.29) is 11.9 Å². The van der Waals surface area contributed by atoms with Gasteiger partial charge in [0.2, 0.25) is 0 Å². The second kappa shape index (κ2) is 6.23. The van der Waals surface area contributed by atoms with Gasteiger partial charge in [-0.15, -0.1) is 0 Å². The molecule has 0 aliphatic carbocycles. The highest BCUT2D eigenvalue weighted by Crippen LogP contribution is 2.19. The Morgan fingerprint density at radius 2 is 2.19 bits per heavy atom. The molecule has 21 heavy (non-hydrogen) atoms. The van der Waals surface area contributed by atoms with E-state index < -0.39 is 0 Å². The fraction of sp³-hybridized carbons (Fsp3) is 0.312. The van der Waals surface area contributed by atoms with Crippen LogP contribution in [0.4, 0.5) is 5.82 Å². The van der Waals surface area contributed by atoms with Crippen molar-refractivity contribution in [2.75, 3.05) is 25.6 Å². The molecule has 2 aromatic rings. The van der Waals surface area contributed by atoms with E-state index in [4.69, 9.17) is 10.00 Å². The van der Waals surface area contributed by atoms with Gasteiger partial charge in [0.15, 0.2) is 0 Å². The summed E-state index contributed by atoms with van der Waals surface area (Å²) in [5.41, 5.74) is 1.44. The van der Waals surface area contributed by atoms with Gasteiger partial charge in [0.05, 0.1) is 30.2 Å². The first-order valence-electron chi connectivity index (χ1n) is 6.65. The summed E-state index contributed by atoms with van der Waals surface area (Å²) >= 11 is 0. The van der Waals surface area contributed by atoms with Gasteiger partial charge >= 0.3 is 5.97 Å². The molecule has 0 spiro atoms. The van der Waals surface area contributed by atoms with Crippen LogP contribution in [0.3, 0.4) is 0 Å². The molecule has 1 aromatic carbocycles. The lowest BCUT2D eigenvalue weighted by molar-refractivity contribution is -0.144. The van der Waals surface area contributed by atoms with Crippen LogP contribution in [0.25, 0.3) is 10.9 Å². The molecule has 108 valence electrons. The Balaban J connectivity index is 2.22. The van der Waals surface area contributed by atoms with Crippen molar-refractivity contribution in [3.63, 3.8) is 0 Å². The molecule has 0 aliphatic heterocycles. The predicted octanol–water partition coefficient (Wildman–Crippen LogP) is 2.35. The highest BCUT2D eigenvalue weighted by Gasteiger charge is 2.16. The summed E-state index contributed by atoms with van der Waals surface area (Å²) in [4.78, 5) is 17.9. The lowest BCUT2D eigenvalue weighted by Gasteiger charge is -2.21. The maximum Gasteiger partial charge on any atom is 0.310 e. The number of fused-ring (bicyclic) bond motifs is 1. The smallest absolute Gasteiger partial charge is 0.310 e. The minimum atomic E-state index is -0.235.